The van der Waals surface area contributed by atoms with Crippen LogP contribution >= 0.6 is 0 Å². The Morgan fingerprint density at radius 2 is 2.21 bits per heavy atom. The van der Waals surface area contributed by atoms with Gasteiger partial charge in [0, 0.05) is 18.7 Å². The molecule has 0 spiro atoms. The summed E-state index contributed by atoms with van der Waals surface area (Å²) in [5, 5.41) is 0. The van der Waals surface area contributed by atoms with Crippen molar-refractivity contribution in [3.63, 3.8) is 0 Å². The third-order valence-corrected chi connectivity index (χ3v) is 2.58. The highest BCUT2D eigenvalue weighted by atomic mass is 19.1. The fourth-order valence-corrected chi connectivity index (χ4v) is 1.54. The number of carbonyl (C=O) groups is 1. The largest absolute Gasteiger partial charge is 0.369 e. The summed E-state index contributed by atoms with van der Waals surface area (Å²) in [6, 6.07) is 5.06. The minimum atomic E-state index is -0.316. The van der Waals surface area contributed by atoms with Crippen molar-refractivity contribution < 1.29 is 9.18 Å². The van der Waals surface area contributed by atoms with Crippen LogP contribution in [0.2, 0.25) is 0 Å². The van der Waals surface area contributed by atoms with Crippen molar-refractivity contribution in [1.29, 1.82) is 0 Å². The highest BCUT2D eigenvalue weighted by Crippen LogP contribution is 2.31. The Labute approximate surface area is 82.3 Å². The molecule has 1 aliphatic rings. The first-order chi connectivity index (χ1) is 6.72. The number of carbonyl (C=O) groups excluding carboxylic acids is 1. The van der Waals surface area contributed by atoms with E-state index in [1.807, 2.05) is 11.9 Å². The van der Waals surface area contributed by atoms with E-state index in [-0.39, 0.29) is 5.82 Å². The maximum Gasteiger partial charge on any atom is 0.150 e. The predicted octanol–water partition coefficient (Wildman–Crippen LogP) is 2.24. The maximum absolute atomic E-state index is 13.5. The van der Waals surface area contributed by atoms with Crippen LogP contribution in [0, 0.1) is 5.82 Å². The number of halogens is 1. The van der Waals surface area contributed by atoms with Crippen LogP contribution in [0.5, 0.6) is 0 Å². The van der Waals surface area contributed by atoms with Gasteiger partial charge in [0.2, 0.25) is 0 Å². The Bertz CT molecular complexity index is 360. The molecule has 0 heterocycles. The molecule has 1 fully saturated rings. The predicted molar refractivity (Wildman–Crippen MR) is 53.2 cm³/mol. The third-order valence-electron chi connectivity index (χ3n) is 2.58. The van der Waals surface area contributed by atoms with Crippen molar-refractivity contribution >= 4 is 12.0 Å². The number of hydrogen-bond acceptors (Lipinski definition) is 2. The first-order valence-corrected chi connectivity index (χ1v) is 4.70. The summed E-state index contributed by atoms with van der Waals surface area (Å²) in [5.41, 5.74) is 0.966. The van der Waals surface area contributed by atoms with Gasteiger partial charge in [0.05, 0.1) is 5.69 Å². The summed E-state index contributed by atoms with van der Waals surface area (Å²) >= 11 is 0. The van der Waals surface area contributed by atoms with E-state index in [2.05, 4.69) is 0 Å². The molecule has 2 rings (SSSR count). The molecular formula is C11H12FNO. The number of rotatable bonds is 3. The SMILES string of the molecule is CN(c1ccc(C=O)cc1F)C1CC1. The van der Waals surface area contributed by atoms with Gasteiger partial charge in [-0.25, -0.2) is 4.39 Å². The fraction of sp³-hybridized carbons (Fsp3) is 0.364. The number of nitrogens with zero attached hydrogens (tertiary/aromatic N) is 1. The molecule has 74 valence electrons. The standard InChI is InChI=1S/C11H12FNO/c1-13(9-3-4-9)11-5-2-8(7-14)6-10(11)12/h2,5-7,9H,3-4H2,1H3. The van der Waals surface area contributed by atoms with E-state index in [1.165, 1.54) is 6.07 Å². The van der Waals surface area contributed by atoms with Gasteiger partial charge < -0.3 is 4.90 Å². The molecule has 1 aromatic carbocycles. The van der Waals surface area contributed by atoms with Crippen LogP contribution in [0.15, 0.2) is 18.2 Å². The molecule has 0 saturated heterocycles. The van der Waals surface area contributed by atoms with E-state index in [9.17, 15) is 9.18 Å². The fourth-order valence-electron chi connectivity index (χ4n) is 1.54. The van der Waals surface area contributed by atoms with Crippen molar-refractivity contribution in [2.24, 2.45) is 0 Å². The van der Waals surface area contributed by atoms with Gasteiger partial charge in [0.15, 0.2) is 0 Å². The molecule has 3 heteroatoms. The molecule has 0 atom stereocenters. The number of anilines is 1. The van der Waals surface area contributed by atoms with E-state index in [4.69, 9.17) is 0 Å². The van der Waals surface area contributed by atoms with Crippen LogP contribution in [-0.4, -0.2) is 19.4 Å². The van der Waals surface area contributed by atoms with Crippen molar-refractivity contribution in [2.75, 3.05) is 11.9 Å². The van der Waals surface area contributed by atoms with Crippen LogP contribution in [0.25, 0.3) is 0 Å². The molecule has 1 aromatic rings. The van der Waals surface area contributed by atoms with E-state index < -0.39 is 0 Å². The molecule has 0 amide bonds. The van der Waals surface area contributed by atoms with E-state index >= 15 is 0 Å². The smallest absolute Gasteiger partial charge is 0.150 e. The van der Waals surface area contributed by atoms with E-state index in [0.717, 1.165) is 12.8 Å². The summed E-state index contributed by atoms with van der Waals surface area (Å²) < 4.78 is 13.5. The van der Waals surface area contributed by atoms with Crippen molar-refractivity contribution in [3.8, 4) is 0 Å². The Morgan fingerprint density at radius 3 is 2.71 bits per heavy atom. The molecular weight excluding hydrogens is 181 g/mol. The first kappa shape index (κ1) is 9.19. The second-order valence-corrected chi connectivity index (χ2v) is 3.67. The second-order valence-electron chi connectivity index (χ2n) is 3.67. The lowest BCUT2D eigenvalue weighted by molar-refractivity contribution is 0.112. The molecule has 1 saturated carbocycles. The summed E-state index contributed by atoms with van der Waals surface area (Å²) in [6.45, 7) is 0. The Hall–Kier alpha value is -1.38. The van der Waals surface area contributed by atoms with E-state index in [1.54, 1.807) is 12.1 Å². The van der Waals surface area contributed by atoms with Crippen molar-refractivity contribution in [1.82, 2.24) is 0 Å². The zero-order valence-corrected chi connectivity index (χ0v) is 8.03. The second kappa shape index (κ2) is 3.40. The highest BCUT2D eigenvalue weighted by molar-refractivity contribution is 5.76. The summed E-state index contributed by atoms with van der Waals surface area (Å²) in [4.78, 5) is 12.3. The topological polar surface area (TPSA) is 20.3 Å². The molecule has 0 aromatic heterocycles. The van der Waals surface area contributed by atoms with Gasteiger partial charge in [-0.2, -0.15) is 0 Å². The quantitative estimate of drug-likeness (QED) is 0.686. The average Bonchev–Trinajstić information content (AvgIpc) is 3.00. The molecule has 0 radical (unpaired) electrons. The van der Waals surface area contributed by atoms with Crippen LogP contribution < -0.4 is 4.90 Å². The Morgan fingerprint density at radius 1 is 1.50 bits per heavy atom. The Kier molecular flexibility index (Phi) is 2.23. The average molecular weight is 193 g/mol. The van der Waals surface area contributed by atoms with Gasteiger partial charge in [0.1, 0.15) is 12.1 Å². The lowest BCUT2D eigenvalue weighted by Crippen LogP contribution is -2.20. The number of aldehydes is 1. The summed E-state index contributed by atoms with van der Waals surface area (Å²) in [6.07, 6.45) is 2.92. The summed E-state index contributed by atoms with van der Waals surface area (Å²) in [5.74, 6) is -0.316. The van der Waals surface area contributed by atoms with Gasteiger partial charge in [0.25, 0.3) is 0 Å². The molecule has 0 aliphatic heterocycles. The Balaban J connectivity index is 2.28. The van der Waals surface area contributed by atoms with Crippen LogP contribution in [-0.2, 0) is 0 Å². The van der Waals surface area contributed by atoms with Gasteiger partial charge >= 0.3 is 0 Å². The lowest BCUT2D eigenvalue weighted by atomic mass is 10.2. The van der Waals surface area contributed by atoms with Crippen LogP contribution in [0.3, 0.4) is 0 Å². The zero-order valence-electron chi connectivity index (χ0n) is 8.03. The van der Waals surface area contributed by atoms with Crippen LogP contribution in [0.4, 0.5) is 10.1 Å². The van der Waals surface area contributed by atoms with Gasteiger partial charge in [-0.05, 0) is 31.0 Å². The molecule has 0 bridgehead atoms. The normalized spacial score (nSPS) is 15.3. The minimum Gasteiger partial charge on any atom is -0.369 e. The lowest BCUT2D eigenvalue weighted by Gasteiger charge is -2.19. The molecule has 14 heavy (non-hydrogen) atoms. The number of hydrogen-bond donors (Lipinski definition) is 0. The van der Waals surface area contributed by atoms with Gasteiger partial charge in [-0.15, -0.1) is 0 Å². The van der Waals surface area contributed by atoms with Crippen molar-refractivity contribution in [2.45, 2.75) is 18.9 Å². The minimum absolute atomic E-state index is 0.316. The number of benzene rings is 1. The molecule has 0 unspecified atom stereocenters. The monoisotopic (exact) mass is 193 g/mol. The van der Waals surface area contributed by atoms with Crippen LogP contribution in [0.1, 0.15) is 23.2 Å². The van der Waals surface area contributed by atoms with Gasteiger partial charge in [-0.1, -0.05) is 0 Å². The zero-order chi connectivity index (χ0) is 10.1. The maximum atomic E-state index is 13.5. The third kappa shape index (κ3) is 1.62. The first-order valence-electron chi connectivity index (χ1n) is 4.70. The van der Waals surface area contributed by atoms with Gasteiger partial charge in [-0.3, -0.25) is 4.79 Å². The summed E-state index contributed by atoms with van der Waals surface area (Å²) in [7, 11) is 1.89. The molecule has 0 N–H and O–H groups in total. The van der Waals surface area contributed by atoms with Crippen molar-refractivity contribution in [3.05, 3.63) is 29.6 Å². The molecule has 1 aliphatic carbocycles. The van der Waals surface area contributed by atoms with E-state index in [0.29, 0.717) is 23.6 Å². The highest BCUT2D eigenvalue weighted by Gasteiger charge is 2.27. The molecule has 2 nitrogen and oxygen atoms in total.